The van der Waals surface area contributed by atoms with Gasteiger partial charge in [0.2, 0.25) is 0 Å². The Labute approximate surface area is 122 Å². The van der Waals surface area contributed by atoms with E-state index in [0.29, 0.717) is 18.7 Å². The van der Waals surface area contributed by atoms with Gasteiger partial charge in [-0.15, -0.1) is 0 Å². The van der Waals surface area contributed by atoms with Crippen molar-refractivity contribution in [2.45, 2.75) is 18.0 Å². The molecule has 2 rings (SSSR count). The van der Waals surface area contributed by atoms with E-state index < -0.39 is 21.5 Å². The second-order valence-corrected chi connectivity index (χ2v) is 6.81. The van der Waals surface area contributed by atoms with Gasteiger partial charge in [0, 0.05) is 25.4 Å². The number of benzene rings is 2. The van der Waals surface area contributed by atoms with Gasteiger partial charge in [0.25, 0.3) is 0 Å². The van der Waals surface area contributed by atoms with Crippen LogP contribution in [0, 0.1) is 11.6 Å². The standard InChI is InChI=1S/C15H15F2NO2S/c1-21(19,20)15-4-2-11(3-5-15)9-18-10-12-6-13(16)8-14(17)7-12/h2-8,18H,9-10H2,1H3. The molecule has 3 nitrogen and oxygen atoms in total. The highest BCUT2D eigenvalue weighted by Crippen LogP contribution is 2.11. The summed E-state index contributed by atoms with van der Waals surface area (Å²) in [5.41, 5.74) is 1.40. The van der Waals surface area contributed by atoms with Gasteiger partial charge in [0.1, 0.15) is 11.6 Å². The lowest BCUT2D eigenvalue weighted by molar-refractivity contribution is 0.575. The number of hydrogen-bond acceptors (Lipinski definition) is 3. The van der Waals surface area contributed by atoms with Crippen molar-refractivity contribution in [2.75, 3.05) is 6.26 Å². The zero-order valence-electron chi connectivity index (χ0n) is 11.4. The van der Waals surface area contributed by atoms with E-state index in [1.807, 2.05) is 0 Å². The molecule has 0 atom stereocenters. The summed E-state index contributed by atoms with van der Waals surface area (Å²) >= 11 is 0. The molecule has 6 heteroatoms. The SMILES string of the molecule is CS(=O)(=O)c1ccc(CNCc2cc(F)cc(F)c2)cc1. The second-order valence-electron chi connectivity index (χ2n) is 4.80. The Morgan fingerprint density at radius 3 is 1.95 bits per heavy atom. The largest absolute Gasteiger partial charge is 0.309 e. The molecule has 0 aliphatic rings. The first-order valence-corrected chi connectivity index (χ1v) is 8.18. The number of nitrogens with one attached hydrogen (secondary N) is 1. The predicted octanol–water partition coefficient (Wildman–Crippen LogP) is 2.66. The molecule has 0 aliphatic heterocycles. The average Bonchev–Trinajstić information content (AvgIpc) is 2.37. The van der Waals surface area contributed by atoms with E-state index in [9.17, 15) is 17.2 Å². The van der Waals surface area contributed by atoms with Crippen LogP contribution in [-0.2, 0) is 22.9 Å². The van der Waals surface area contributed by atoms with Gasteiger partial charge in [0.05, 0.1) is 4.90 Å². The Morgan fingerprint density at radius 1 is 0.905 bits per heavy atom. The van der Waals surface area contributed by atoms with Crippen LogP contribution in [0.5, 0.6) is 0 Å². The topological polar surface area (TPSA) is 46.2 Å². The summed E-state index contributed by atoms with van der Waals surface area (Å²) < 4.78 is 48.7. The fraction of sp³-hybridized carbons (Fsp3) is 0.200. The van der Waals surface area contributed by atoms with Crippen LogP contribution in [0.2, 0.25) is 0 Å². The molecule has 0 radical (unpaired) electrons. The fourth-order valence-corrected chi connectivity index (χ4v) is 2.55. The van der Waals surface area contributed by atoms with Crippen LogP contribution in [-0.4, -0.2) is 14.7 Å². The summed E-state index contributed by atoms with van der Waals surface area (Å²) in [6.07, 6.45) is 1.15. The third-order valence-electron chi connectivity index (χ3n) is 2.93. The molecule has 0 spiro atoms. The zero-order chi connectivity index (χ0) is 15.5. The lowest BCUT2D eigenvalue weighted by atomic mass is 10.2. The second kappa shape index (κ2) is 6.32. The Kier molecular flexibility index (Phi) is 4.69. The molecular weight excluding hydrogens is 296 g/mol. The van der Waals surface area contributed by atoms with Gasteiger partial charge < -0.3 is 5.32 Å². The number of hydrogen-bond donors (Lipinski definition) is 1. The quantitative estimate of drug-likeness (QED) is 0.923. The minimum absolute atomic E-state index is 0.262. The van der Waals surface area contributed by atoms with Gasteiger partial charge in [-0.25, -0.2) is 17.2 Å². The molecule has 0 saturated carbocycles. The van der Waals surface area contributed by atoms with Crippen LogP contribution < -0.4 is 5.32 Å². The Balaban J connectivity index is 1.94. The molecule has 112 valence electrons. The van der Waals surface area contributed by atoms with E-state index in [0.717, 1.165) is 17.9 Å². The Bertz CT molecular complexity index is 708. The summed E-state index contributed by atoms with van der Waals surface area (Å²) in [6, 6.07) is 9.84. The molecule has 2 aromatic rings. The number of rotatable bonds is 5. The third-order valence-corrected chi connectivity index (χ3v) is 4.06. The van der Waals surface area contributed by atoms with Crippen LogP contribution in [0.4, 0.5) is 8.78 Å². The molecule has 2 aromatic carbocycles. The molecule has 0 unspecified atom stereocenters. The summed E-state index contributed by atoms with van der Waals surface area (Å²) in [6.45, 7) is 0.796. The first kappa shape index (κ1) is 15.6. The molecule has 0 heterocycles. The highest BCUT2D eigenvalue weighted by Gasteiger charge is 2.06. The van der Waals surface area contributed by atoms with Gasteiger partial charge in [-0.05, 0) is 35.4 Å². The summed E-state index contributed by atoms with van der Waals surface area (Å²) in [5, 5.41) is 3.05. The van der Waals surface area contributed by atoms with Gasteiger partial charge >= 0.3 is 0 Å². The molecule has 0 saturated heterocycles. The van der Waals surface area contributed by atoms with Crippen LogP contribution in [0.1, 0.15) is 11.1 Å². The molecular formula is C15H15F2NO2S. The highest BCUT2D eigenvalue weighted by atomic mass is 32.2. The molecule has 0 amide bonds. The van der Waals surface area contributed by atoms with Crippen LogP contribution >= 0.6 is 0 Å². The van der Waals surface area contributed by atoms with E-state index in [2.05, 4.69) is 5.32 Å². The van der Waals surface area contributed by atoms with Crippen LogP contribution in [0.15, 0.2) is 47.4 Å². The van der Waals surface area contributed by atoms with Crippen LogP contribution in [0.3, 0.4) is 0 Å². The van der Waals surface area contributed by atoms with Crippen molar-refractivity contribution < 1.29 is 17.2 Å². The monoisotopic (exact) mass is 311 g/mol. The van der Waals surface area contributed by atoms with E-state index in [-0.39, 0.29) is 4.90 Å². The molecule has 0 fully saturated rings. The van der Waals surface area contributed by atoms with Gasteiger partial charge in [-0.1, -0.05) is 12.1 Å². The van der Waals surface area contributed by atoms with E-state index in [4.69, 9.17) is 0 Å². The predicted molar refractivity (Wildman–Crippen MR) is 76.5 cm³/mol. The van der Waals surface area contributed by atoms with E-state index >= 15 is 0 Å². The number of halogens is 2. The third kappa shape index (κ3) is 4.61. The van der Waals surface area contributed by atoms with Gasteiger partial charge in [-0.2, -0.15) is 0 Å². The van der Waals surface area contributed by atoms with Crippen molar-refractivity contribution in [1.29, 1.82) is 0 Å². The lowest BCUT2D eigenvalue weighted by Crippen LogP contribution is -2.13. The maximum atomic E-state index is 13.0. The van der Waals surface area contributed by atoms with Crippen molar-refractivity contribution >= 4 is 9.84 Å². The smallest absolute Gasteiger partial charge is 0.175 e. The fourth-order valence-electron chi connectivity index (χ4n) is 1.92. The first-order valence-electron chi connectivity index (χ1n) is 6.29. The summed E-state index contributed by atoms with van der Waals surface area (Å²) in [4.78, 5) is 0.262. The Hall–Kier alpha value is -1.79. The maximum Gasteiger partial charge on any atom is 0.175 e. The van der Waals surface area contributed by atoms with Crippen molar-refractivity contribution in [3.05, 3.63) is 65.2 Å². The lowest BCUT2D eigenvalue weighted by Gasteiger charge is -2.06. The summed E-state index contributed by atoms with van der Waals surface area (Å²) in [5.74, 6) is -1.21. The normalized spacial score (nSPS) is 11.6. The Morgan fingerprint density at radius 2 is 1.43 bits per heavy atom. The van der Waals surface area contributed by atoms with Gasteiger partial charge in [-0.3, -0.25) is 0 Å². The number of sulfone groups is 1. The van der Waals surface area contributed by atoms with Gasteiger partial charge in [0.15, 0.2) is 9.84 Å². The molecule has 1 N–H and O–H groups in total. The first-order chi connectivity index (χ1) is 9.84. The van der Waals surface area contributed by atoms with Crippen LogP contribution in [0.25, 0.3) is 0 Å². The molecule has 0 aliphatic carbocycles. The molecule has 21 heavy (non-hydrogen) atoms. The van der Waals surface area contributed by atoms with Crippen molar-refractivity contribution in [1.82, 2.24) is 5.32 Å². The zero-order valence-corrected chi connectivity index (χ0v) is 12.3. The maximum absolute atomic E-state index is 13.0. The molecule has 0 aromatic heterocycles. The minimum Gasteiger partial charge on any atom is -0.309 e. The molecule has 0 bridgehead atoms. The average molecular weight is 311 g/mol. The highest BCUT2D eigenvalue weighted by molar-refractivity contribution is 7.90. The van der Waals surface area contributed by atoms with E-state index in [1.165, 1.54) is 24.3 Å². The summed E-state index contributed by atoms with van der Waals surface area (Å²) in [7, 11) is -3.20. The van der Waals surface area contributed by atoms with Crippen molar-refractivity contribution in [2.24, 2.45) is 0 Å². The van der Waals surface area contributed by atoms with Crippen molar-refractivity contribution in [3.8, 4) is 0 Å². The van der Waals surface area contributed by atoms with Crippen molar-refractivity contribution in [3.63, 3.8) is 0 Å². The minimum atomic E-state index is -3.20. The van der Waals surface area contributed by atoms with E-state index in [1.54, 1.807) is 12.1 Å².